The first-order chi connectivity index (χ1) is 9.63. The second kappa shape index (κ2) is 9.25. The Bertz CT molecular complexity index is 435. The minimum absolute atomic E-state index is 0.199. The van der Waals surface area contributed by atoms with Crippen molar-refractivity contribution in [1.29, 1.82) is 0 Å². The van der Waals surface area contributed by atoms with Crippen LogP contribution in [0.3, 0.4) is 0 Å². The number of unbranched alkanes of at least 4 members (excludes halogenated alkanes) is 2. The molecule has 0 aliphatic heterocycles. The molecule has 0 aliphatic rings. The zero-order valence-corrected chi connectivity index (χ0v) is 12.3. The van der Waals surface area contributed by atoms with E-state index in [-0.39, 0.29) is 11.6 Å². The van der Waals surface area contributed by atoms with E-state index < -0.39 is 5.97 Å². The van der Waals surface area contributed by atoms with Crippen LogP contribution in [0.25, 0.3) is 0 Å². The van der Waals surface area contributed by atoms with Crippen molar-refractivity contribution in [2.24, 2.45) is 0 Å². The molecule has 0 unspecified atom stereocenters. The number of hydrogen-bond donors (Lipinski definition) is 3. The molecule has 0 radical (unpaired) electrons. The SMILES string of the molecule is CSCCCCCNC(=O)Nc1ccc(C(=O)O)cc1. The molecule has 6 heteroatoms. The fraction of sp³-hybridized carbons (Fsp3) is 0.429. The molecule has 0 atom stereocenters. The summed E-state index contributed by atoms with van der Waals surface area (Å²) in [6, 6.07) is 5.79. The number of benzene rings is 1. The molecule has 0 bridgehead atoms. The Morgan fingerprint density at radius 1 is 1.15 bits per heavy atom. The molecule has 0 aromatic heterocycles. The number of rotatable bonds is 8. The highest BCUT2D eigenvalue weighted by Gasteiger charge is 2.04. The van der Waals surface area contributed by atoms with Crippen LogP contribution in [0, 0.1) is 0 Å². The summed E-state index contributed by atoms with van der Waals surface area (Å²) in [5, 5.41) is 14.2. The molecule has 0 saturated carbocycles. The van der Waals surface area contributed by atoms with E-state index in [1.165, 1.54) is 18.6 Å². The summed E-state index contributed by atoms with van der Waals surface area (Å²) in [6.07, 6.45) is 5.32. The van der Waals surface area contributed by atoms with Gasteiger partial charge in [-0.05, 0) is 49.1 Å². The molecule has 0 aliphatic carbocycles. The number of carboxylic acid groups (broad SMARTS) is 1. The first-order valence-electron chi connectivity index (χ1n) is 6.50. The molecule has 0 fully saturated rings. The predicted octanol–water partition coefficient (Wildman–Crippen LogP) is 3.04. The van der Waals surface area contributed by atoms with Crippen molar-refractivity contribution in [3.8, 4) is 0 Å². The third-order valence-electron chi connectivity index (χ3n) is 2.70. The van der Waals surface area contributed by atoms with Crippen molar-refractivity contribution < 1.29 is 14.7 Å². The molecule has 3 N–H and O–H groups in total. The quantitative estimate of drug-likeness (QED) is 0.644. The molecule has 1 aromatic rings. The van der Waals surface area contributed by atoms with Crippen LogP contribution in [0.15, 0.2) is 24.3 Å². The number of thioether (sulfide) groups is 1. The van der Waals surface area contributed by atoms with Gasteiger partial charge in [-0.15, -0.1) is 0 Å². The first-order valence-corrected chi connectivity index (χ1v) is 7.90. The number of carbonyl (C=O) groups is 2. The van der Waals surface area contributed by atoms with E-state index in [0.717, 1.165) is 18.6 Å². The van der Waals surface area contributed by atoms with E-state index in [1.807, 2.05) is 11.8 Å². The van der Waals surface area contributed by atoms with Crippen LogP contribution in [-0.2, 0) is 0 Å². The maximum atomic E-state index is 11.6. The number of amides is 2. The summed E-state index contributed by atoms with van der Waals surface area (Å²) >= 11 is 1.83. The molecule has 1 rings (SSSR count). The fourth-order valence-electron chi connectivity index (χ4n) is 1.62. The van der Waals surface area contributed by atoms with E-state index >= 15 is 0 Å². The van der Waals surface area contributed by atoms with Crippen LogP contribution in [0.5, 0.6) is 0 Å². The second-order valence-electron chi connectivity index (χ2n) is 4.32. The lowest BCUT2D eigenvalue weighted by atomic mass is 10.2. The summed E-state index contributed by atoms with van der Waals surface area (Å²) in [5.41, 5.74) is 0.777. The van der Waals surface area contributed by atoms with E-state index in [2.05, 4.69) is 16.9 Å². The minimum Gasteiger partial charge on any atom is -0.478 e. The van der Waals surface area contributed by atoms with Gasteiger partial charge in [0.15, 0.2) is 0 Å². The molecule has 20 heavy (non-hydrogen) atoms. The van der Waals surface area contributed by atoms with Crippen LogP contribution < -0.4 is 10.6 Å². The number of hydrogen-bond acceptors (Lipinski definition) is 3. The van der Waals surface area contributed by atoms with Gasteiger partial charge >= 0.3 is 12.0 Å². The smallest absolute Gasteiger partial charge is 0.335 e. The number of carboxylic acids is 1. The van der Waals surface area contributed by atoms with Crippen molar-refractivity contribution in [2.45, 2.75) is 19.3 Å². The van der Waals surface area contributed by atoms with Gasteiger partial charge < -0.3 is 15.7 Å². The maximum Gasteiger partial charge on any atom is 0.335 e. The van der Waals surface area contributed by atoms with Gasteiger partial charge in [-0.1, -0.05) is 6.42 Å². The molecule has 2 amide bonds. The average molecular weight is 296 g/mol. The highest BCUT2D eigenvalue weighted by molar-refractivity contribution is 7.98. The summed E-state index contributed by atoms with van der Waals surface area (Å²) in [4.78, 5) is 22.3. The number of carbonyl (C=O) groups excluding carboxylic acids is 1. The van der Waals surface area contributed by atoms with Crippen LogP contribution >= 0.6 is 11.8 Å². The molecule has 1 aromatic carbocycles. The minimum atomic E-state index is -0.980. The number of anilines is 1. The van der Waals surface area contributed by atoms with Gasteiger partial charge in [-0.2, -0.15) is 11.8 Å². The maximum absolute atomic E-state index is 11.6. The lowest BCUT2D eigenvalue weighted by molar-refractivity contribution is 0.0697. The normalized spacial score (nSPS) is 10.1. The van der Waals surface area contributed by atoms with Crippen LogP contribution in [0.1, 0.15) is 29.6 Å². The highest BCUT2D eigenvalue weighted by atomic mass is 32.2. The second-order valence-corrected chi connectivity index (χ2v) is 5.30. The Labute approximate surface area is 123 Å². The number of urea groups is 1. The van der Waals surface area contributed by atoms with Gasteiger partial charge in [0.1, 0.15) is 0 Å². The van der Waals surface area contributed by atoms with Crippen molar-refractivity contribution in [3.63, 3.8) is 0 Å². The van der Waals surface area contributed by atoms with E-state index in [4.69, 9.17) is 5.11 Å². The lowest BCUT2D eigenvalue weighted by Gasteiger charge is -2.07. The van der Waals surface area contributed by atoms with E-state index in [1.54, 1.807) is 12.1 Å². The Hall–Kier alpha value is -1.69. The van der Waals surface area contributed by atoms with Gasteiger partial charge in [0.05, 0.1) is 5.56 Å². The molecular weight excluding hydrogens is 276 g/mol. The predicted molar refractivity (Wildman–Crippen MR) is 82.7 cm³/mol. The Balaban J connectivity index is 2.23. The summed E-state index contributed by atoms with van der Waals surface area (Å²) in [6.45, 7) is 0.646. The van der Waals surface area contributed by atoms with Crippen molar-refractivity contribution in [3.05, 3.63) is 29.8 Å². The Morgan fingerprint density at radius 2 is 1.85 bits per heavy atom. The molecular formula is C14H20N2O3S. The van der Waals surface area contributed by atoms with Gasteiger partial charge in [-0.3, -0.25) is 0 Å². The first kappa shape index (κ1) is 16.4. The summed E-state index contributed by atoms with van der Waals surface area (Å²) < 4.78 is 0. The zero-order valence-electron chi connectivity index (χ0n) is 11.5. The van der Waals surface area contributed by atoms with Gasteiger partial charge in [0, 0.05) is 12.2 Å². The zero-order chi connectivity index (χ0) is 14.8. The fourth-order valence-corrected chi connectivity index (χ4v) is 2.11. The van der Waals surface area contributed by atoms with Crippen LogP contribution in [0.2, 0.25) is 0 Å². The standard InChI is InChI=1S/C14H20N2O3S/c1-20-10-4-2-3-9-15-14(19)16-12-7-5-11(6-8-12)13(17)18/h5-8H,2-4,9-10H2,1H3,(H,17,18)(H2,15,16,19). The van der Waals surface area contributed by atoms with Gasteiger partial charge in [-0.25, -0.2) is 9.59 Å². The van der Waals surface area contributed by atoms with Crippen molar-refractivity contribution in [2.75, 3.05) is 23.9 Å². The lowest BCUT2D eigenvalue weighted by Crippen LogP contribution is -2.29. The largest absolute Gasteiger partial charge is 0.478 e. The number of aromatic carboxylic acids is 1. The molecule has 5 nitrogen and oxygen atoms in total. The van der Waals surface area contributed by atoms with Crippen molar-refractivity contribution >= 4 is 29.4 Å². The third-order valence-corrected chi connectivity index (χ3v) is 3.40. The van der Waals surface area contributed by atoms with Crippen LogP contribution in [0.4, 0.5) is 10.5 Å². The monoisotopic (exact) mass is 296 g/mol. The van der Waals surface area contributed by atoms with Crippen molar-refractivity contribution in [1.82, 2.24) is 5.32 Å². The third kappa shape index (κ3) is 6.47. The highest BCUT2D eigenvalue weighted by Crippen LogP contribution is 2.09. The van der Waals surface area contributed by atoms with E-state index in [9.17, 15) is 9.59 Å². The average Bonchev–Trinajstić information content (AvgIpc) is 2.43. The number of nitrogens with one attached hydrogen (secondary N) is 2. The Morgan fingerprint density at radius 3 is 2.45 bits per heavy atom. The molecule has 0 spiro atoms. The summed E-state index contributed by atoms with van der Waals surface area (Å²) in [7, 11) is 0. The van der Waals surface area contributed by atoms with Crippen LogP contribution in [-0.4, -0.2) is 35.7 Å². The molecule has 0 saturated heterocycles. The molecule has 110 valence electrons. The van der Waals surface area contributed by atoms with E-state index in [0.29, 0.717) is 12.2 Å². The Kier molecular flexibility index (Phi) is 7.57. The van der Waals surface area contributed by atoms with Gasteiger partial charge in [0.25, 0.3) is 0 Å². The molecule has 0 heterocycles. The van der Waals surface area contributed by atoms with Gasteiger partial charge in [0.2, 0.25) is 0 Å². The topological polar surface area (TPSA) is 78.4 Å². The summed E-state index contributed by atoms with van der Waals surface area (Å²) in [5.74, 6) is 0.175.